The highest BCUT2D eigenvalue weighted by atomic mass is 35.5. The average Bonchev–Trinajstić information content (AvgIpc) is 3.27. The molecule has 1 amide bonds. The Morgan fingerprint density at radius 1 is 1.25 bits per heavy atom. The largest absolute Gasteiger partial charge is 0.352 e. The molecule has 2 atom stereocenters. The van der Waals surface area contributed by atoms with E-state index < -0.39 is 30.3 Å². The van der Waals surface area contributed by atoms with Crippen LogP contribution in [0.15, 0.2) is 36.9 Å². The fraction of sp³-hybridized carbons (Fsp3) is 0.400. The van der Waals surface area contributed by atoms with E-state index in [0.717, 1.165) is 0 Å². The van der Waals surface area contributed by atoms with Gasteiger partial charge in [0.1, 0.15) is 5.69 Å². The van der Waals surface area contributed by atoms with Crippen molar-refractivity contribution in [2.24, 2.45) is 5.92 Å². The van der Waals surface area contributed by atoms with Gasteiger partial charge in [0, 0.05) is 18.7 Å². The molecule has 168 valence electrons. The molecule has 1 saturated heterocycles. The summed E-state index contributed by atoms with van der Waals surface area (Å²) in [6.07, 6.45) is 5.45. The van der Waals surface area contributed by atoms with Crippen molar-refractivity contribution in [3.05, 3.63) is 53.3 Å². The number of carbonyl (C=O) groups is 1. The molecule has 4 heterocycles. The van der Waals surface area contributed by atoms with Crippen molar-refractivity contribution < 1.29 is 13.6 Å². The molecule has 32 heavy (non-hydrogen) atoms. The number of likely N-dealkylation sites (tertiary alicyclic amines) is 1. The lowest BCUT2D eigenvalue weighted by molar-refractivity contribution is -0.0899. The van der Waals surface area contributed by atoms with E-state index >= 15 is 0 Å². The normalized spacial score (nSPS) is 20.2. The van der Waals surface area contributed by atoms with Gasteiger partial charge in [0.25, 0.3) is 11.8 Å². The molecule has 9 nitrogen and oxygen atoms in total. The maximum Gasteiger partial charge on any atom is 0.275 e. The minimum Gasteiger partial charge on any atom is -0.352 e. The number of halogens is 3. The Balaban J connectivity index is 1.65. The molecule has 0 saturated carbocycles. The zero-order chi connectivity index (χ0) is 22.9. The van der Waals surface area contributed by atoms with Gasteiger partial charge in [-0.05, 0) is 25.0 Å². The van der Waals surface area contributed by atoms with Gasteiger partial charge in [-0.25, -0.2) is 23.7 Å². The van der Waals surface area contributed by atoms with Crippen LogP contribution in [0.1, 0.15) is 29.5 Å². The van der Waals surface area contributed by atoms with E-state index in [1.165, 1.54) is 34.5 Å². The molecule has 4 rings (SSSR count). The number of piperidine rings is 1. The first-order chi connectivity index (χ1) is 15.2. The summed E-state index contributed by atoms with van der Waals surface area (Å²) in [5, 5.41) is 11.5. The standard InChI is InChI=1S/C20H21ClF2N8O/c1-12-7-20(22,23)11-30(16(12)10-26-19-24-8-14(21)9-25-19)18(32)17-15(4-3-13(2)29-17)31-27-5-6-28-31/h3-6,8-9,12,16H,7,10-11H2,1-2H3,(H,24,25,26)/t12-,16-/m1/s1. The van der Waals surface area contributed by atoms with E-state index in [4.69, 9.17) is 11.6 Å². The first-order valence-corrected chi connectivity index (χ1v) is 10.4. The molecule has 0 aliphatic carbocycles. The van der Waals surface area contributed by atoms with Gasteiger partial charge in [-0.15, -0.1) is 4.80 Å². The van der Waals surface area contributed by atoms with Gasteiger partial charge in [-0.2, -0.15) is 10.2 Å². The number of hydrogen-bond donors (Lipinski definition) is 1. The van der Waals surface area contributed by atoms with Crippen molar-refractivity contribution in [2.75, 3.05) is 18.4 Å². The van der Waals surface area contributed by atoms with E-state index in [2.05, 4.69) is 30.5 Å². The predicted octanol–water partition coefficient (Wildman–Crippen LogP) is 3.01. The second-order valence-electron chi connectivity index (χ2n) is 7.78. The van der Waals surface area contributed by atoms with Crippen LogP contribution >= 0.6 is 11.6 Å². The number of alkyl halides is 2. The molecule has 1 aliphatic rings. The van der Waals surface area contributed by atoms with Gasteiger partial charge in [-0.3, -0.25) is 4.79 Å². The molecule has 12 heteroatoms. The highest BCUT2D eigenvalue weighted by Gasteiger charge is 2.46. The van der Waals surface area contributed by atoms with Crippen molar-refractivity contribution in [3.63, 3.8) is 0 Å². The highest BCUT2D eigenvalue weighted by Crippen LogP contribution is 2.35. The maximum atomic E-state index is 14.5. The molecule has 0 unspecified atom stereocenters. The molecule has 0 bridgehead atoms. The van der Waals surface area contributed by atoms with Crippen LogP contribution in [0.5, 0.6) is 0 Å². The van der Waals surface area contributed by atoms with Crippen LogP contribution in [0, 0.1) is 12.8 Å². The Morgan fingerprint density at radius 2 is 1.94 bits per heavy atom. The van der Waals surface area contributed by atoms with Gasteiger partial charge in [0.2, 0.25) is 5.95 Å². The molecule has 3 aromatic heterocycles. The van der Waals surface area contributed by atoms with Gasteiger partial charge in [0.05, 0.1) is 42.4 Å². The summed E-state index contributed by atoms with van der Waals surface area (Å²) in [6, 6.07) is 2.82. The summed E-state index contributed by atoms with van der Waals surface area (Å²) in [4.78, 5) is 28.4. The van der Waals surface area contributed by atoms with E-state index in [0.29, 0.717) is 22.4 Å². The van der Waals surface area contributed by atoms with Crippen LogP contribution in [-0.4, -0.2) is 65.8 Å². The quantitative estimate of drug-likeness (QED) is 0.621. The summed E-state index contributed by atoms with van der Waals surface area (Å²) in [5.41, 5.74) is 0.907. The van der Waals surface area contributed by atoms with E-state index in [9.17, 15) is 13.6 Å². The molecular formula is C20H21ClF2N8O. The van der Waals surface area contributed by atoms with Gasteiger partial charge in [-0.1, -0.05) is 18.5 Å². The summed E-state index contributed by atoms with van der Waals surface area (Å²) < 4.78 is 29.0. The number of pyridine rings is 1. The average molecular weight is 463 g/mol. The van der Waals surface area contributed by atoms with Crippen LogP contribution in [0.2, 0.25) is 5.02 Å². The third-order valence-electron chi connectivity index (χ3n) is 5.28. The second kappa shape index (κ2) is 8.73. The van der Waals surface area contributed by atoms with Crippen LogP contribution in [0.4, 0.5) is 14.7 Å². The van der Waals surface area contributed by atoms with Crippen molar-refractivity contribution in [1.29, 1.82) is 0 Å². The minimum absolute atomic E-state index is 0.0128. The Morgan fingerprint density at radius 3 is 2.62 bits per heavy atom. The number of amides is 1. The lowest BCUT2D eigenvalue weighted by Gasteiger charge is -2.43. The SMILES string of the molecule is Cc1ccc(-n2nccn2)c(C(=O)N2CC(F)(F)C[C@@H](C)[C@H]2CNc2ncc(Cl)cn2)n1. The molecule has 3 aromatic rings. The van der Waals surface area contributed by atoms with Crippen LogP contribution in [0.25, 0.3) is 5.69 Å². The van der Waals surface area contributed by atoms with E-state index in [1.54, 1.807) is 26.0 Å². The lowest BCUT2D eigenvalue weighted by Crippen LogP contribution is -2.57. The Kier molecular flexibility index (Phi) is 6.00. The monoisotopic (exact) mass is 462 g/mol. The van der Waals surface area contributed by atoms with Crippen LogP contribution < -0.4 is 5.32 Å². The van der Waals surface area contributed by atoms with Gasteiger partial charge < -0.3 is 10.2 Å². The number of aromatic nitrogens is 6. The maximum absolute atomic E-state index is 14.5. The Labute approximate surface area is 187 Å². The topological polar surface area (TPSA) is 102 Å². The third-order valence-corrected chi connectivity index (χ3v) is 5.48. The summed E-state index contributed by atoms with van der Waals surface area (Å²) in [7, 11) is 0. The fourth-order valence-electron chi connectivity index (χ4n) is 3.82. The second-order valence-corrected chi connectivity index (χ2v) is 8.22. The molecule has 1 N–H and O–H groups in total. The zero-order valence-corrected chi connectivity index (χ0v) is 18.2. The number of nitrogens with one attached hydrogen (secondary N) is 1. The zero-order valence-electron chi connectivity index (χ0n) is 17.4. The highest BCUT2D eigenvalue weighted by molar-refractivity contribution is 6.30. The molecule has 0 spiro atoms. The van der Waals surface area contributed by atoms with Crippen molar-refractivity contribution >= 4 is 23.5 Å². The Bertz CT molecular complexity index is 1090. The summed E-state index contributed by atoms with van der Waals surface area (Å²) >= 11 is 5.81. The lowest BCUT2D eigenvalue weighted by atomic mass is 9.88. The number of rotatable bonds is 5. The van der Waals surface area contributed by atoms with Crippen molar-refractivity contribution in [3.8, 4) is 5.69 Å². The fourth-order valence-corrected chi connectivity index (χ4v) is 3.92. The van der Waals surface area contributed by atoms with E-state index in [1.807, 2.05) is 0 Å². The van der Waals surface area contributed by atoms with E-state index in [-0.39, 0.29) is 18.7 Å². The first kappa shape index (κ1) is 22.0. The Hall–Kier alpha value is -3.21. The molecule has 1 aliphatic heterocycles. The third kappa shape index (κ3) is 4.67. The minimum atomic E-state index is -3.02. The first-order valence-electron chi connectivity index (χ1n) is 9.98. The predicted molar refractivity (Wildman–Crippen MR) is 113 cm³/mol. The number of aryl methyl sites for hydroxylation is 1. The van der Waals surface area contributed by atoms with Gasteiger partial charge >= 0.3 is 0 Å². The van der Waals surface area contributed by atoms with Crippen LogP contribution in [-0.2, 0) is 0 Å². The molecular weight excluding hydrogens is 442 g/mol. The van der Waals surface area contributed by atoms with Crippen molar-refractivity contribution in [1.82, 2.24) is 34.8 Å². The molecule has 0 aromatic carbocycles. The number of hydrogen-bond acceptors (Lipinski definition) is 7. The summed E-state index contributed by atoms with van der Waals surface area (Å²) in [6.45, 7) is 2.89. The summed E-state index contributed by atoms with van der Waals surface area (Å²) in [5.74, 6) is -3.83. The molecule has 0 radical (unpaired) electrons. The van der Waals surface area contributed by atoms with Crippen molar-refractivity contribution in [2.45, 2.75) is 32.2 Å². The number of carbonyl (C=O) groups excluding carboxylic acids is 1. The smallest absolute Gasteiger partial charge is 0.275 e. The number of anilines is 1. The van der Waals surface area contributed by atoms with Crippen LogP contribution in [0.3, 0.4) is 0 Å². The van der Waals surface area contributed by atoms with Gasteiger partial charge in [0.15, 0.2) is 5.69 Å². The number of nitrogens with zero attached hydrogens (tertiary/aromatic N) is 7. The molecule has 1 fully saturated rings.